The van der Waals surface area contributed by atoms with Gasteiger partial charge in [0, 0.05) is 24.1 Å². The minimum atomic E-state index is -3.36. The molecule has 8 heteroatoms. The van der Waals surface area contributed by atoms with Gasteiger partial charge in [-0.05, 0) is 49.6 Å². The zero-order valence-corrected chi connectivity index (χ0v) is 15.5. The van der Waals surface area contributed by atoms with Crippen LogP contribution < -0.4 is 10.9 Å². The van der Waals surface area contributed by atoms with Gasteiger partial charge in [0.1, 0.15) is 11.6 Å². The molecule has 26 heavy (non-hydrogen) atoms. The molecule has 0 aliphatic rings. The second kappa shape index (κ2) is 7.54. The maximum Gasteiger partial charge on any atom is 0.266 e. The average Bonchev–Trinajstić information content (AvgIpc) is 2.54. The molecule has 0 aliphatic carbocycles. The highest BCUT2D eigenvalue weighted by Gasteiger charge is 2.14. The molecule has 136 valence electrons. The normalized spacial score (nSPS) is 11.0. The third kappa shape index (κ3) is 4.37. The topological polar surface area (TPSA) is 120 Å². The van der Waals surface area contributed by atoms with Gasteiger partial charge in [0.2, 0.25) is 5.91 Å². The number of hydrogen-bond donors (Lipinski definition) is 2. The minimum Gasteiger partial charge on any atom is -0.326 e. The molecule has 2 aromatic rings. The van der Waals surface area contributed by atoms with Gasteiger partial charge in [-0.15, -0.1) is 0 Å². The van der Waals surface area contributed by atoms with E-state index in [1.807, 2.05) is 6.07 Å². The van der Waals surface area contributed by atoms with Gasteiger partial charge >= 0.3 is 0 Å². The smallest absolute Gasteiger partial charge is 0.266 e. The average molecular weight is 373 g/mol. The third-order valence-electron chi connectivity index (χ3n) is 4.07. The van der Waals surface area contributed by atoms with Crippen LogP contribution in [0.1, 0.15) is 28.8 Å². The number of benzene rings is 1. The highest BCUT2D eigenvalue weighted by Crippen LogP contribution is 2.17. The molecule has 0 bridgehead atoms. The van der Waals surface area contributed by atoms with Crippen LogP contribution in [0.4, 0.5) is 5.69 Å². The summed E-state index contributed by atoms with van der Waals surface area (Å²) in [5.74, 6) is -0.292. The molecule has 0 atom stereocenters. The van der Waals surface area contributed by atoms with E-state index in [-0.39, 0.29) is 22.8 Å². The van der Waals surface area contributed by atoms with Gasteiger partial charge in [-0.3, -0.25) is 9.59 Å². The molecular formula is C18H19N3O4S. The summed E-state index contributed by atoms with van der Waals surface area (Å²) in [5.41, 5.74) is 1.95. The highest BCUT2D eigenvalue weighted by molar-refractivity contribution is 7.90. The summed E-state index contributed by atoms with van der Waals surface area (Å²) in [6.45, 7) is 3.40. The number of rotatable bonds is 5. The summed E-state index contributed by atoms with van der Waals surface area (Å²) in [6.07, 6.45) is 1.57. The summed E-state index contributed by atoms with van der Waals surface area (Å²) in [5, 5.41) is 11.7. The lowest BCUT2D eigenvalue weighted by atomic mass is 9.99. The van der Waals surface area contributed by atoms with E-state index < -0.39 is 15.4 Å². The summed E-state index contributed by atoms with van der Waals surface area (Å²) >= 11 is 0. The molecular weight excluding hydrogens is 354 g/mol. The first-order valence-electron chi connectivity index (χ1n) is 7.86. The van der Waals surface area contributed by atoms with E-state index >= 15 is 0 Å². The molecule has 1 amide bonds. The molecule has 0 aliphatic heterocycles. The van der Waals surface area contributed by atoms with E-state index in [0.717, 1.165) is 11.8 Å². The van der Waals surface area contributed by atoms with Crippen LogP contribution >= 0.6 is 0 Å². The third-order valence-corrected chi connectivity index (χ3v) is 5.18. The molecule has 0 spiro atoms. The largest absolute Gasteiger partial charge is 0.326 e. The number of amides is 1. The number of nitrogens with zero attached hydrogens (tertiary/aromatic N) is 1. The maximum atomic E-state index is 12.2. The Kier molecular flexibility index (Phi) is 5.63. The van der Waals surface area contributed by atoms with Crippen LogP contribution in [0.25, 0.3) is 0 Å². The first-order chi connectivity index (χ1) is 12.1. The second-order valence-electron chi connectivity index (χ2n) is 6.02. The van der Waals surface area contributed by atoms with Crippen LogP contribution in [-0.4, -0.2) is 25.6 Å². The fourth-order valence-electron chi connectivity index (χ4n) is 2.69. The predicted octanol–water partition coefficient (Wildman–Crippen LogP) is 1.84. The first kappa shape index (κ1) is 19.4. The van der Waals surface area contributed by atoms with E-state index in [9.17, 15) is 18.0 Å². The standard InChI is InChI=1S/C18H19N3O4S/c1-11-15(12(2)20-18(23)16(11)10-19)7-8-17(22)21-13-5-4-6-14(9-13)26(3,24)25/h4-6,9H,7-8H2,1-3H3,(H,20,23)(H,21,22). The Bertz CT molecular complexity index is 1060. The molecule has 0 saturated carbocycles. The molecule has 0 radical (unpaired) electrons. The Labute approximate surface area is 151 Å². The van der Waals surface area contributed by atoms with Crippen LogP contribution in [0.2, 0.25) is 0 Å². The maximum absolute atomic E-state index is 12.2. The molecule has 0 fully saturated rings. The van der Waals surface area contributed by atoms with Crippen molar-refractivity contribution in [3.8, 4) is 6.07 Å². The van der Waals surface area contributed by atoms with Crippen molar-refractivity contribution >= 4 is 21.4 Å². The van der Waals surface area contributed by atoms with Crippen molar-refractivity contribution in [2.45, 2.75) is 31.6 Å². The van der Waals surface area contributed by atoms with Crippen molar-refractivity contribution in [1.82, 2.24) is 4.98 Å². The molecule has 1 aromatic carbocycles. The highest BCUT2D eigenvalue weighted by atomic mass is 32.2. The van der Waals surface area contributed by atoms with Gasteiger partial charge in [-0.1, -0.05) is 6.07 Å². The number of H-pyrrole nitrogens is 1. The monoisotopic (exact) mass is 373 g/mol. The number of anilines is 1. The van der Waals surface area contributed by atoms with Gasteiger partial charge < -0.3 is 10.3 Å². The zero-order chi connectivity index (χ0) is 19.5. The quantitative estimate of drug-likeness (QED) is 0.828. The van der Waals surface area contributed by atoms with Crippen molar-refractivity contribution in [1.29, 1.82) is 5.26 Å². The van der Waals surface area contributed by atoms with Crippen molar-refractivity contribution in [3.05, 3.63) is 57.0 Å². The van der Waals surface area contributed by atoms with E-state index in [1.165, 1.54) is 12.1 Å². The Morgan fingerprint density at radius 3 is 2.62 bits per heavy atom. The second-order valence-corrected chi connectivity index (χ2v) is 8.03. The lowest BCUT2D eigenvalue weighted by Gasteiger charge is -2.11. The number of carbonyl (C=O) groups excluding carboxylic acids is 1. The molecule has 1 aromatic heterocycles. The predicted molar refractivity (Wildman–Crippen MR) is 97.8 cm³/mol. The van der Waals surface area contributed by atoms with Crippen LogP contribution in [0, 0.1) is 25.2 Å². The summed E-state index contributed by atoms with van der Waals surface area (Å²) in [6, 6.07) is 7.90. The lowest BCUT2D eigenvalue weighted by Crippen LogP contribution is -2.18. The van der Waals surface area contributed by atoms with Crippen LogP contribution in [0.5, 0.6) is 0 Å². The molecule has 1 heterocycles. The Balaban J connectivity index is 2.14. The van der Waals surface area contributed by atoms with Crippen LogP contribution in [-0.2, 0) is 21.1 Å². The fourth-order valence-corrected chi connectivity index (χ4v) is 3.35. The fraction of sp³-hybridized carbons (Fsp3) is 0.278. The summed E-state index contributed by atoms with van der Waals surface area (Å²) < 4.78 is 23.2. The summed E-state index contributed by atoms with van der Waals surface area (Å²) in [7, 11) is -3.36. The van der Waals surface area contributed by atoms with Gasteiger partial charge in [0.05, 0.1) is 4.90 Å². The number of nitriles is 1. The minimum absolute atomic E-state index is 0.0480. The van der Waals surface area contributed by atoms with Crippen molar-refractivity contribution in [3.63, 3.8) is 0 Å². The number of aromatic nitrogens is 1. The van der Waals surface area contributed by atoms with Gasteiger partial charge in [0.15, 0.2) is 9.84 Å². The van der Waals surface area contributed by atoms with E-state index in [0.29, 0.717) is 23.4 Å². The molecule has 0 saturated heterocycles. The number of aromatic amines is 1. The zero-order valence-electron chi connectivity index (χ0n) is 14.7. The van der Waals surface area contributed by atoms with Crippen molar-refractivity contribution in [2.75, 3.05) is 11.6 Å². The van der Waals surface area contributed by atoms with Crippen LogP contribution in [0.15, 0.2) is 34.0 Å². The molecule has 2 rings (SSSR count). The van der Waals surface area contributed by atoms with Gasteiger partial charge in [0.25, 0.3) is 5.56 Å². The molecule has 7 nitrogen and oxygen atoms in total. The summed E-state index contributed by atoms with van der Waals surface area (Å²) in [4.78, 5) is 26.7. The number of aryl methyl sites for hydroxylation is 1. The van der Waals surface area contributed by atoms with E-state index in [1.54, 1.807) is 26.0 Å². The van der Waals surface area contributed by atoms with E-state index in [4.69, 9.17) is 5.26 Å². The van der Waals surface area contributed by atoms with Gasteiger partial charge in [-0.25, -0.2) is 8.42 Å². The Morgan fingerprint density at radius 1 is 1.31 bits per heavy atom. The Morgan fingerprint density at radius 2 is 2.00 bits per heavy atom. The van der Waals surface area contributed by atoms with Gasteiger partial charge in [-0.2, -0.15) is 5.26 Å². The number of hydrogen-bond acceptors (Lipinski definition) is 5. The van der Waals surface area contributed by atoms with Crippen molar-refractivity contribution < 1.29 is 13.2 Å². The number of pyridine rings is 1. The number of sulfone groups is 1. The van der Waals surface area contributed by atoms with E-state index in [2.05, 4.69) is 10.3 Å². The molecule has 2 N–H and O–H groups in total. The van der Waals surface area contributed by atoms with Crippen LogP contribution in [0.3, 0.4) is 0 Å². The number of nitrogens with one attached hydrogen (secondary N) is 2. The Hall–Kier alpha value is -2.92. The number of carbonyl (C=O) groups is 1. The van der Waals surface area contributed by atoms with Crippen molar-refractivity contribution in [2.24, 2.45) is 0 Å². The SMILES string of the molecule is Cc1[nH]c(=O)c(C#N)c(C)c1CCC(=O)Nc1cccc(S(C)(=O)=O)c1. The molecule has 0 unspecified atom stereocenters. The lowest BCUT2D eigenvalue weighted by molar-refractivity contribution is -0.116. The first-order valence-corrected chi connectivity index (χ1v) is 9.75.